The second kappa shape index (κ2) is 7.57. The lowest BCUT2D eigenvalue weighted by atomic mass is 9.99. The second-order valence-electron chi connectivity index (χ2n) is 6.73. The molecule has 0 aromatic carbocycles. The molecule has 0 bridgehead atoms. The van der Waals surface area contributed by atoms with E-state index in [1.165, 1.54) is 12.3 Å². The normalized spacial score (nSPS) is 17.0. The van der Waals surface area contributed by atoms with Crippen LogP contribution in [0.3, 0.4) is 0 Å². The molecule has 1 amide bonds. The zero-order chi connectivity index (χ0) is 20.4. The summed E-state index contributed by atoms with van der Waals surface area (Å²) in [6, 6.07) is 5.91. The summed E-state index contributed by atoms with van der Waals surface area (Å²) in [6.45, 7) is 0.509. The van der Waals surface area contributed by atoms with E-state index in [0.717, 1.165) is 11.6 Å². The van der Waals surface area contributed by atoms with Crippen LogP contribution < -0.4 is 4.90 Å². The quantitative estimate of drug-likeness (QED) is 0.671. The van der Waals surface area contributed by atoms with Crippen molar-refractivity contribution < 1.29 is 18.0 Å². The molecule has 148 valence electrons. The maximum Gasteiger partial charge on any atom is 0.433 e. The number of aromatic nitrogens is 4. The third-order valence-corrected chi connectivity index (χ3v) is 4.80. The molecule has 0 aliphatic carbocycles. The van der Waals surface area contributed by atoms with E-state index in [0.29, 0.717) is 36.5 Å². The van der Waals surface area contributed by atoms with Gasteiger partial charge in [-0.05, 0) is 36.6 Å². The SMILES string of the molecule is O=C1C(Cc2ccc(C(F)(F)F)nc2)CCN1c1cnc(-c2ccncc2)nc1. The lowest BCUT2D eigenvalue weighted by Gasteiger charge is -2.16. The van der Waals surface area contributed by atoms with Gasteiger partial charge < -0.3 is 4.90 Å². The van der Waals surface area contributed by atoms with Crippen LogP contribution in [0.2, 0.25) is 0 Å². The number of hydrogen-bond donors (Lipinski definition) is 0. The first-order valence-electron chi connectivity index (χ1n) is 8.98. The van der Waals surface area contributed by atoms with Crippen LogP contribution in [0.15, 0.2) is 55.2 Å². The van der Waals surface area contributed by atoms with E-state index in [4.69, 9.17) is 0 Å². The number of anilines is 1. The van der Waals surface area contributed by atoms with Crippen LogP contribution in [0.25, 0.3) is 11.4 Å². The predicted molar refractivity (Wildman–Crippen MR) is 98.7 cm³/mol. The monoisotopic (exact) mass is 399 g/mol. The van der Waals surface area contributed by atoms with Gasteiger partial charge in [0.1, 0.15) is 5.69 Å². The molecule has 0 saturated carbocycles. The highest BCUT2D eigenvalue weighted by atomic mass is 19.4. The first-order valence-corrected chi connectivity index (χ1v) is 8.98. The molecule has 0 radical (unpaired) electrons. The van der Waals surface area contributed by atoms with Crippen molar-refractivity contribution in [3.63, 3.8) is 0 Å². The molecule has 1 atom stereocenters. The molecular weight excluding hydrogens is 383 g/mol. The van der Waals surface area contributed by atoms with Gasteiger partial charge in [-0.1, -0.05) is 6.07 Å². The molecular formula is C20H16F3N5O. The molecule has 1 fully saturated rings. The Morgan fingerprint density at radius 1 is 1.00 bits per heavy atom. The minimum atomic E-state index is -4.47. The van der Waals surface area contributed by atoms with E-state index in [2.05, 4.69) is 19.9 Å². The van der Waals surface area contributed by atoms with Gasteiger partial charge in [-0.15, -0.1) is 0 Å². The summed E-state index contributed by atoms with van der Waals surface area (Å²) in [5.41, 5.74) is 1.09. The predicted octanol–water partition coefficient (Wildman–Crippen LogP) is 3.55. The molecule has 1 saturated heterocycles. The van der Waals surface area contributed by atoms with Gasteiger partial charge in [-0.2, -0.15) is 13.2 Å². The van der Waals surface area contributed by atoms with Crippen molar-refractivity contribution in [2.24, 2.45) is 5.92 Å². The summed E-state index contributed by atoms with van der Waals surface area (Å²) in [6.07, 6.45) is 4.16. The first kappa shape index (κ1) is 19.0. The maximum atomic E-state index is 12.8. The highest BCUT2D eigenvalue weighted by molar-refractivity contribution is 5.97. The second-order valence-corrected chi connectivity index (χ2v) is 6.73. The number of carbonyl (C=O) groups excluding carboxylic acids is 1. The van der Waals surface area contributed by atoms with Crippen molar-refractivity contribution in [2.75, 3.05) is 11.4 Å². The molecule has 3 aromatic rings. The van der Waals surface area contributed by atoms with Crippen LogP contribution in [0, 0.1) is 5.92 Å². The van der Waals surface area contributed by atoms with Crippen LogP contribution in [-0.2, 0) is 17.4 Å². The number of halogens is 3. The Kier molecular flexibility index (Phi) is 4.96. The summed E-state index contributed by atoms with van der Waals surface area (Å²) in [5, 5.41) is 0. The Hall–Kier alpha value is -3.36. The fraction of sp³-hybridized carbons (Fsp3) is 0.250. The summed E-state index contributed by atoms with van der Waals surface area (Å²) in [7, 11) is 0. The minimum Gasteiger partial charge on any atom is -0.309 e. The van der Waals surface area contributed by atoms with Crippen LogP contribution in [-0.4, -0.2) is 32.4 Å². The summed E-state index contributed by atoms with van der Waals surface area (Å²) < 4.78 is 37.9. The van der Waals surface area contributed by atoms with Gasteiger partial charge in [0.15, 0.2) is 5.82 Å². The average molecular weight is 399 g/mol. The number of alkyl halides is 3. The number of rotatable bonds is 4. The number of hydrogen-bond acceptors (Lipinski definition) is 5. The molecule has 4 rings (SSSR count). The average Bonchev–Trinajstić information content (AvgIpc) is 3.09. The molecule has 0 N–H and O–H groups in total. The minimum absolute atomic E-state index is 0.0924. The smallest absolute Gasteiger partial charge is 0.309 e. The number of nitrogens with zero attached hydrogens (tertiary/aromatic N) is 5. The maximum absolute atomic E-state index is 12.8. The molecule has 1 aliphatic heterocycles. The van der Waals surface area contributed by atoms with Crippen molar-refractivity contribution >= 4 is 11.6 Å². The number of carbonyl (C=O) groups is 1. The molecule has 1 aliphatic rings. The first-order chi connectivity index (χ1) is 13.9. The van der Waals surface area contributed by atoms with Gasteiger partial charge in [0.05, 0.1) is 18.1 Å². The zero-order valence-electron chi connectivity index (χ0n) is 15.2. The lowest BCUT2D eigenvalue weighted by molar-refractivity contribution is -0.141. The lowest BCUT2D eigenvalue weighted by Crippen LogP contribution is -2.28. The van der Waals surface area contributed by atoms with Gasteiger partial charge >= 0.3 is 6.18 Å². The Balaban J connectivity index is 1.43. The van der Waals surface area contributed by atoms with Crippen molar-refractivity contribution in [3.05, 3.63) is 66.5 Å². The Morgan fingerprint density at radius 3 is 2.34 bits per heavy atom. The van der Waals surface area contributed by atoms with Crippen LogP contribution in [0.5, 0.6) is 0 Å². The summed E-state index contributed by atoms with van der Waals surface area (Å²) in [4.78, 5) is 30.4. The largest absolute Gasteiger partial charge is 0.433 e. The summed E-state index contributed by atoms with van der Waals surface area (Å²) in [5.74, 6) is 0.133. The van der Waals surface area contributed by atoms with Crippen molar-refractivity contribution in [3.8, 4) is 11.4 Å². The standard InChI is InChI=1S/C20H16F3N5O/c21-20(22,23)17-2-1-13(10-25-17)9-15-5-8-28(19(15)29)16-11-26-18(27-12-16)14-3-6-24-7-4-14/h1-4,6-7,10-12,15H,5,8-9H2. The van der Waals surface area contributed by atoms with E-state index in [9.17, 15) is 18.0 Å². The van der Waals surface area contributed by atoms with Crippen LogP contribution in [0.4, 0.5) is 18.9 Å². The van der Waals surface area contributed by atoms with Gasteiger partial charge in [0, 0.05) is 36.6 Å². The highest BCUT2D eigenvalue weighted by Crippen LogP contribution is 2.30. The third kappa shape index (κ3) is 4.08. The summed E-state index contributed by atoms with van der Waals surface area (Å²) >= 11 is 0. The number of amides is 1. The molecule has 29 heavy (non-hydrogen) atoms. The third-order valence-electron chi connectivity index (χ3n) is 4.80. The molecule has 1 unspecified atom stereocenters. The fourth-order valence-corrected chi connectivity index (χ4v) is 3.29. The Labute approximate surface area is 164 Å². The van der Waals surface area contributed by atoms with Gasteiger partial charge in [0.25, 0.3) is 0 Å². The van der Waals surface area contributed by atoms with E-state index < -0.39 is 11.9 Å². The fourth-order valence-electron chi connectivity index (χ4n) is 3.29. The molecule has 9 heteroatoms. The van der Waals surface area contributed by atoms with Crippen molar-refractivity contribution in [1.29, 1.82) is 0 Å². The molecule has 6 nitrogen and oxygen atoms in total. The van der Waals surface area contributed by atoms with Crippen LogP contribution >= 0.6 is 0 Å². The van der Waals surface area contributed by atoms with Gasteiger partial charge in [-0.3, -0.25) is 14.8 Å². The van der Waals surface area contributed by atoms with Crippen LogP contribution in [0.1, 0.15) is 17.7 Å². The molecule has 0 spiro atoms. The van der Waals surface area contributed by atoms with E-state index in [-0.39, 0.29) is 11.8 Å². The van der Waals surface area contributed by atoms with Gasteiger partial charge in [0.2, 0.25) is 5.91 Å². The molecule has 4 heterocycles. The van der Waals surface area contributed by atoms with E-state index >= 15 is 0 Å². The zero-order valence-corrected chi connectivity index (χ0v) is 15.2. The topological polar surface area (TPSA) is 71.9 Å². The van der Waals surface area contributed by atoms with Crippen molar-refractivity contribution in [1.82, 2.24) is 19.9 Å². The van der Waals surface area contributed by atoms with E-state index in [1.54, 1.807) is 41.8 Å². The van der Waals surface area contributed by atoms with E-state index in [1.807, 2.05) is 0 Å². The number of pyridine rings is 2. The van der Waals surface area contributed by atoms with Gasteiger partial charge in [-0.25, -0.2) is 9.97 Å². The highest BCUT2D eigenvalue weighted by Gasteiger charge is 2.34. The Bertz CT molecular complexity index is 991. The molecule has 3 aromatic heterocycles. The Morgan fingerprint density at radius 2 is 1.72 bits per heavy atom. The van der Waals surface area contributed by atoms with Crippen molar-refractivity contribution in [2.45, 2.75) is 19.0 Å².